The van der Waals surface area contributed by atoms with Gasteiger partial charge in [-0.3, -0.25) is 24.9 Å². The molecule has 0 aliphatic carbocycles. The second-order valence-electron chi connectivity index (χ2n) is 1.66. The molecule has 1 atom stereocenters. The van der Waals surface area contributed by atoms with Crippen molar-refractivity contribution in [2.45, 2.75) is 5.91 Å². The zero-order valence-electron chi connectivity index (χ0n) is 6.83. The lowest BCUT2D eigenvalue weighted by atomic mass is 10.6. The molecule has 0 bridgehead atoms. The highest BCUT2D eigenvalue weighted by Crippen LogP contribution is 2.09. The van der Waals surface area contributed by atoms with Crippen molar-refractivity contribution in [3.05, 3.63) is 10.1 Å². The van der Waals surface area contributed by atoms with Gasteiger partial charge in [-0.05, 0) is 0 Å². The fraction of sp³-hybridized carbons (Fsp3) is 0.750. The maximum Gasteiger partial charge on any atom is 0.551 e. The van der Waals surface area contributed by atoms with Crippen LogP contribution in [0.3, 0.4) is 0 Å². The molecule has 1 unspecified atom stereocenters. The minimum absolute atomic E-state index is 0.117. The van der Waals surface area contributed by atoms with Crippen LogP contribution in [0, 0.1) is 21.4 Å². The van der Waals surface area contributed by atoms with Crippen molar-refractivity contribution in [2.75, 3.05) is 14.2 Å². The maximum absolute atomic E-state index is 10.1. The minimum Gasteiger partial charge on any atom is -0.292 e. The zero-order chi connectivity index (χ0) is 10.5. The molecule has 0 heterocycles. The molecular weight excluding hydrogens is 186 g/mol. The molecule has 0 spiro atoms. The van der Waals surface area contributed by atoms with E-state index in [9.17, 15) is 10.1 Å². The van der Waals surface area contributed by atoms with E-state index < -0.39 is 10.8 Å². The smallest absolute Gasteiger partial charge is 0.292 e. The van der Waals surface area contributed by atoms with Gasteiger partial charge in [-0.25, -0.2) is 0 Å². The molecule has 9 heteroatoms. The van der Waals surface area contributed by atoms with Crippen LogP contribution in [0.4, 0.5) is 0 Å². The third-order valence-electron chi connectivity index (χ3n) is 0.893. The van der Waals surface area contributed by atoms with Gasteiger partial charge in [-0.15, -0.1) is 4.84 Å². The lowest BCUT2D eigenvalue weighted by molar-refractivity contribution is -0.727. The van der Waals surface area contributed by atoms with Gasteiger partial charge in [-0.1, -0.05) is 0 Å². The normalized spacial score (nSPS) is 15.0. The molecule has 0 rings (SSSR count). The molecule has 0 fully saturated rings. The van der Waals surface area contributed by atoms with E-state index >= 15 is 0 Å². The predicted octanol–water partition coefficient (Wildman–Crippen LogP) is -1.21. The van der Waals surface area contributed by atoms with Crippen LogP contribution in [-0.2, 0) is 14.5 Å². The van der Waals surface area contributed by atoms with E-state index in [1.54, 1.807) is 0 Å². The summed E-state index contributed by atoms with van der Waals surface area (Å²) >= 11 is 0. The van der Waals surface area contributed by atoms with Gasteiger partial charge in [0.1, 0.15) is 4.92 Å². The lowest BCUT2D eigenvalue weighted by Crippen LogP contribution is -2.45. The first-order valence-corrected chi connectivity index (χ1v) is 2.85. The quantitative estimate of drug-likeness (QED) is 0.250. The second-order valence-corrected chi connectivity index (χ2v) is 1.66. The van der Waals surface area contributed by atoms with Gasteiger partial charge in [0.25, 0.3) is 0 Å². The van der Waals surface area contributed by atoms with E-state index in [1.807, 2.05) is 0 Å². The third-order valence-corrected chi connectivity index (χ3v) is 0.893. The van der Waals surface area contributed by atoms with Crippen LogP contribution in [0.1, 0.15) is 0 Å². The van der Waals surface area contributed by atoms with E-state index in [4.69, 9.17) is 10.4 Å². The van der Waals surface area contributed by atoms with Gasteiger partial charge < -0.3 is 0 Å². The monoisotopic (exact) mass is 193 g/mol. The summed E-state index contributed by atoms with van der Waals surface area (Å²) < 4.78 is 0. The maximum atomic E-state index is 10.1. The van der Waals surface area contributed by atoms with Crippen molar-refractivity contribution >= 4 is 0 Å². The Kier molecular flexibility index (Phi) is 4.18. The molecule has 74 valence electrons. The molecule has 0 aromatic carbocycles. The number of nitro groups is 1. The Hall–Kier alpha value is -1.31. The number of nitriles is 1. The van der Waals surface area contributed by atoms with Crippen molar-refractivity contribution in [1.29, 1.82) is 5.26 Å². The van der Waals surface area contributed by atoms with Crippen LogP contribution in [-0.4, -0.2) is 35.6 Å². The standard InChI is InChI=1S/C4H7N3O6/c1-11-7(12-2)13-4(8,3-5)6(9)10/h8H,1-2H3. The molecule has 0 saturated heterocycles. The first kappa shape index (κ1) is 11.7. The highest BCUT2D eigenvalue weighted by Gasteiger charge is 2.46. The van der Waals surface area contributed by atoms with E-state index in [-0.39, 0.29) is 5.39 Å². The summed E-state index contributed by atoms with van der Waals surface area (Å²) in [6, 6.07) is 0.910. The van der Waals surface area contributed by atoms with Crippen molar-refractivity contribution in [3.8, 4) is 6.07 Å². The van der Waals surface area contributed by atoms with Crippen LogP contribution in [0.15, 0.2) is 0 Å². The molecular formula is C4H7N3O6. The first-order valence-electron chi connectivity index (χ1n) is 2.85. The Morgan fingerprint density at radius 2 is 2.08 bits per heavy atom. The molecule has 0 amide bonds. The molecule has 13 heavy (non-hydrogen) atoms. The molecule has 1 N–H and O–H groups in total. The summed E-state index contributed by atoms with van der Waals surface area (Å²) in [7, 11) is 2.11. The highest BCUT2D eigenvalue weighted by atomic mass is 17.2. The lowest BCUT2D eigenvalue weighted by Gasteiger charge is -2.17. The van der Waals surface area contributed by atoms with Crippen molar-refractivity contribution in [3.63, 3.8) is 0 Å². The van der Waals surface area contributed by atoms with Gasteiger partial charge in [0.15, 0.2) is 0 Å². The largest absolute Gasteiger partial charge is 0.551 e. The summed E-state index contributed by atoms with van der Waals surface area (Å²) in [5.41, 5.74) is 0. The average molecular weight is 193 g/mol. The number of rotatable bonds is 5. The van der Waals surface area contributed by atoms with Gasteiger partial charge in [0.2, 0.25) is 6.07 Å². The Morgan fingerprint density at radius 3 is 2.31 bits per heavy atom. The van der Waals surface area contributed by atoms with E-state index in [0.717, 1.165) is 20.3 Å². The van der Waals surface area contributed by atoms with Crippen LogP contribution in [0.5, 0.6) is 0 Å². The minimum atomic E-state index is -3.23. The van der Waals surface area contributed by atoms with Crippen molar-refractivity contribution in [1.82, 2.24) is 5.39 Å². The molecule has 0 radical (unpaired) electrons. The van der Waals surface area contributed by atoms with Crippen LogP contribution in [0.25, 0.3) is 0 Å². The van der Waals surface area contributed by atoms with Crippen LogP contribution in [0.2, 0.25) is 0 Å². The van der Waals surface area contributed by atoms with E-state index in [0.29, 0.717) is 0 Å². The Balaban J connectivity index is 4.45. The van der Waals surface area contributed by atoms with Gasteiger partial charge in [0.05, 0.1) is 19.6 Å². The molecule has 0 aromatic rings. The SMILES string of the molecule is CON(OC)OC(O)(C#N)[N+](=O)[O-]. The van der Waals surface area contributed by atoms with Crippen molar-refractivity contribution < 1.29 is 24.5 Å². The predicted molar refractivity (Wildman–Crippen MR) is 34.5 cm³/mol. The van der Waals surface area contributed by atoms with E-state index in [2.05, 4.69) is 14.5 Å². The van der Waals surface area contributed by atoms with Crippen LogP contribution >= 0.6 is 0 Å². The molecule has 0 aliphatic rings. The Bertz CT molecular complexity index is 222. The topological polar surface area (TPSA) is 118 Å². The zero-order valence-corrected chi connectivity index (χ0v) is 6.83. The first-order chi connectivity index (χ1) is 6.00. The van der Waals surface area contributed by atoms with Gasteiger partial charge in [-0.2, -0.15) is 5.26 Å². The third kappa shape index (κ3) is 2.90. The number of hydrogen-bond acceptors (Lipinski definition) is 8. The summed E-state index contributed by atoms with van der Waals surface area (Å²) in [5.74, 6) is -3.23. The summed E-state index contributed by atoms with van der Waals surface area (Å²) in [4.78, 5) is 21.2. The van der Waals surface area contributed by atoms with Crippen molar-refractivity contribution in [2.24, 2.45) is 0 Å². The van der Waals surface area contributed by atoms with Crippen LogP contribution < -0.4 is 0 Å². The molecule has 0 aromatic heterocycles. The molecule has 0 aliphatic heterocycles. The average Bonchev–Trinajstić information content (AvgIpc) is 2.13. The summed E-state index contributed by atoms with van der Waals surface area (Å²) in [6.07, 6.45) is 0. The molecule has 9 nitrogen and oxygen atoms in total. The Labute approximate surface area is 72.6 Å². The highest BCUT2D eigenvalue weighted by molar-refractivity contribution is 4.81. The summed E-state index contributed by atoms with van der Waals surface area (Å²) in [6.45, 7) is 0. The fourth-order valence-corrected chi connectivity index (χ4v) is 0.348. The number of nitrogens with zero attached hydrogens (tertiary/aromatic N) is 3. The van der Waals surface area contributed by atoms with Gasteiger partial charge in [0, 0.05) is 0 Å². The Morgan fingerprint density at radius 1 is 1.62 bits per heavy atom. The number of aliphatic hydroxyl groups is 1. The summed E-state index contributed by atoms with van der Waals surface area (Å²) in [5, 5.41) is 27.2. The second kappa shape index (κ2) is 4.65. The molecule has 0 saturated carbocycles. The fourth-order valence-electron chi connectivity index (χ4n) is 0.348. The van der Waals surface area contributed by atoms with E-state index in [1.165, 1.54) is 0 Å². The van der Waals surface area contributed by atoms with Gasteiger partial charge >= 0.3 is 5.91 Å². The number of hydrogen-bond donors (Lipinski definition) is 1.